The van der Waals surface area contributed by atoms with Crippen LogP contribution in [0.15, 0.2) is 42.5 Å². The van der Waals surface area contributed by atoms with E-state index >= 15 is 0 Å². The van der Waals surface area contributed by atoms with E-state index in [9.17, 15) is 4.79 Å². The van der Waals surface area contributed by atoms with Crippen molar-refractivity contribution in [2.75, 3.05) is 17.3 Å². The zero-order valence-electron chi connectivity index (χ0n) is 12.8. The van der Waals surface area contributed by atoms with E-state index in [1.807, 2.05) is 50.4 Å². The summed E-state index contributed by atoms with van der Waals surface area (Å²) in [6.45, 7) is 1.94. The minimum atomic E-state index is -0.184. The molecule has 0 fully saturated rings. The monoisotopic (exact) mass is 314 g/mol. The molecule has 1 atom stereocenters. The van der Waals surface area contributed by atoms with Gasteiger partial charge in [0.15, 0.2) is 0 Å². The molecule has 1 aliphatic heterocycles. The van der Waals surface area contributed by atoms with Gasteiger partial charge in [-0.2, -0.15) is 0 Å². The Labute approximate surface area is 135 Å². The summed E-state index contributed by atoms with van der Waals surface area (Å²) < 4.78 is 0. The highest BCUT2D eigenvalue weighted by Crippen LogP contribution is 2.27. The van der Waals surface area contributed by atoms with Crippen LogP contribution in [0.5, 0.6) is 0 Å². The summed E-state index contributed by atoms with van der Waals surface area (Å²) in [5.74, 6) is 0.0798. The number of rotatable bonds is 2. The van der Waals surface area contributed by atoms with E-state index in [1.165, 1.54) is 5.56 Å². The number of hydrogen-bond acceptors (Lipinski definition) is 2. The van der Waals surface area contributed by atoms with Crippen molar-refractivity contribution in [1.29, 1.82) is 0 Å². The Bertz CT molecular complexity index is 714. The lowest BCUT2D eigenvalue weighted by Gasteiger charge is -2.29. The van der Waals surface area contributed by atoms with E-state index < -0.39 is 0 Å². The van der Waals surface area contributed by atoms with Crippen molar-refractivity contribution in [2.45, 2.75) is 25.8 Å². The van der Waals surface area contributed by atoms with Gasteiger partial charge in [0.1, 0.15) is 6.04 Å². The summed E-state index contributed by atoms with van der Waals surface area (Å²) in [6.07, 6.45) is 1.74. The van der Waals surface area contributed by atoms with Crippen LogP contribution in [0, 0.1) is 6.92 Å². The molecule has 22 heavy (non-hydrogen) atoms. The summed E-state index contributed by atoms with van der Waals surface area (Å²) in [4.78, 5) is 14.4. The average Bonchev–Trinajstić information content (AvgIpc) is 2.55. The molecule has 0 radical (unpaired) electrons. The molecule has 2 aromatic rings. The van der Waals surface area contributed by atoms with Crippen molar-refractivity contribution in [3.63, 3.8) is 0 Å². The maximum absolute atomic E-state index is 12.7. The molecule has 0 aliphatic carbocycles. The van der Waals surface area contributed by atoms with E-state index in [4.69, 9.17) is 11.6 Å². The molecular weight excluding hydrogens is 296 g/mol. The van der Waals surface area contributed by atoms with Gasteiger partial charge in [-0.05, 0) is 55.2 Å². The zero-order valence-corrected chi connectivity index (χ0v) is 13.5. The Morgan fingerprint density at radius 2 is 2.05 bits per heavy atom. The SMILES string of the molecule is Cc1cc(N(C)C(=O)C2CCc3ccccc3N2)ccc1Cl. The van der Waals surface area contributed by atoms with E-state index in [2.05, 4.69) is 11.4 Å². The van der Waals surface area contributed by atoms with Gasteiger partial charge in [-0.25, -0.2) is 0 Å². The molecule has 1 aliphatic rings. The topological polar surface area (TPSA) is 32.3 Å². The number of nitrogens with one attached hydrogen (secondary N) is 1. The number of nitrogens with zero attached hydrogens (tertiary/aromatic N) is 1. The fraction of sp³-hybridized carbons (Fsp3) is 0.278. The number of benzene rings is 2. The first kappa shape index (κ1) is 14.9. The number of amides is 1. The molecule has 0 saturated carbocycles. The average molecular weight is 315 g/mol. The Morgan fingerprint density at radius 1 is 1.27 bits per heavy atom. The van der Waals surface area contributed by atoms with Gasteiger partial charge < -0.3 is 10.2 Å². The number of para-hydroxylation sites is 1. The molecule has 3 rings (SSSR count). The molecule has 1 N–H and O–H groups in total. The number of carbonyl (C=O) groups is 1. The summed E-state index contributed by atoms with van der Waals surface area (Å²) >= 11 is 6.05. The summed E-state index contributed by atoms with van der Waals surface area (Å²) in [5.41, 5.74) is 4.18. The number of likely N-dealkylation sites (N-methyl/N-ethyl adjacent to an activating group) is 1. The van der Waals surface area contributed by atoms with Crippen molar-refractivity contribution in [1.82, 2.24) is 0 Å². The second-order valence-corrected chi connectivity index (χ2v) is 6.13. The van der Waals surface area contributed by atoms with Gasteiger partial charge in [0.2, 0.25) is 5.91 Å². The molecule has 2 aromatic carbocycles. The number of hydrogen-bond donors (Lipinski definition) is 1. The Kier molecular flexibility index (Phi) is 4.08. The first-order chi connectivity index (χ1) is 10.6. The van der Waals surface area contributed by atoms with Crippen LogP contribution in [-0.4, -0.2) is 19.0 Å². The lowest BCUT2D eigenvalue weighted by molar-refractivity contribution is -0.119. The van der Waals surface area contributed by atoms with E-state index in [1.54, 1.807) is 4.90 Å². The Hall–Kier alpha value is -2.00. The minimum Gasteiger partial charge on any atom is -0.373 e. The molecular formula is C18H19ClN2O. The van der Waals surface area contributed by atoms with Crippen molar-refractivity contribution >= 4 is 28.9 Å². The third-order valence-electron chi connectivity index (χ3n) is 4.21. The minimum absolute atomic E-state index is 0.0798. The van der Waals surface area contributed by atoms with Crippen LogP contribution >= 0.6 is 11.6 Å². The van der Waals surface area contributed by atoms with Crippen LogP contribution in [0.3, 0.4) is 0 Å². The molecule has 1 heterocycles. The molecule has 114 valence electrons. The third-order valence-corrected chi connectivity index (χ3v) is 4.63. The quantitative estimate of drug-likeness (QED) is 0.907. The van der Waals surface area contributed by atoms with Crippen molar-refractivity contribution in [2.24, 2.45) is 0 Å². The van der Waals surface area contributed by atoms with E-state index in [0.29, 0.717) is 5.02 Å². The molecule has 0 spiro atoms. The zero-order chi connectivity index (χ0) is 15.7. The second-order valence-electron chi connectivity index (χ2n) is 5.72. The van der Waals surface area contributed by atoms with E-state index in [-0.39, 0.29) is 11.9 Å². The third kappa shape index (κ3) is 2.81. The lowest BCUT2D eigenvalue weighted by Crippen LogP contribution is -2.43. The van der Waals surface area contributed by atoms with Crippen LogP contribution in [0.1, 0.15) is 17.5 Å². The molecule has 1 amide bonds. The van der Waals surface area contributed by atoms with Gasteiger partial charge in [-0.1, -0.05) is 29.8 Å². The fourth-order valence-electron chi connectivity index (χ4n) is 2.82. The van der Waals surface area contributed by atoms with Gasteiger partial charge in [0.25, 0.3) is 0 Å². The van der Waals surface area contributed by atoms with Crippen molar-refractivity contribution in [3.8, 4) is 0 Å². The predicted molar refractivity (Wildman–Crippen MR) is 91.8 cm³/mol. The van der Waals surface area contributed by atoms with Crippen LogP contribution in [0.4, 0.5) is 11.4 Å². The first-order valence-electron chi connectivity index (χ1n) is 7.44. The van der Waals surface area contributed by atoms with Gasteiger partial charge in [-0.15, -0.1) is 0 Å². The highest BCUT2D eigenvalue weighted by atomic mass is 35.5. The van der Waals surface area contributed by atoms with E-state index in [0.717, 1.165) is 29.8 Å². The smallest absolute Gasteiger partial charge is 0.249 e. The fourth-order valence-corrected chi connectivity index (χ4v) is 2.94. The standard InChI is InChI=1S/C18H19ClN2O/c1-12-11-14(8-9-15(12)19)21(2)18(22)17-10-7-13-5-3-4-6-16(13)20-17/h3-6,8-9,11,17,20H,7,10H2,1-2H3. The van der Waals surface area contributed by atoms with Crippen molar-refractivity contribution < 1.29 is 4.79 Å². The Morgan fingerprint density at radius 3 is 2.82 bits per heavy atom. The molecule has 0 bridgehead atoms. The largest absolute Gasteiger partial charge is 0.373 e. The maximum Gasteiger partial charge on any atom is 0.249 e. The second kappa shape index (κ2) is 6.01. The molecule has 0 saturated heterocycles. The van der Waals surface area contributed by atoms with Gasteiger partial charge >= 0.3 is 0 Å². The lowest BCUT2D eigenvalue weighted by atomic mass is 9.97. The van der Waals surface area contributed by atoms with Gasteiger partial charge in [-0.3, -0.25) is 4.79 Å². The van der Waals surface area contributed by atoms with Crippen LogP contribution < -0.4 is 10.2 Å². The summed E-state index contributed by atoms with van der Waals surface area (Å²) in [6, 6.07) is 13.6. The number of aryl methyl sites for hydroxylation is 2. The molecule has 1 unspecified atom stereocenters. The first-order valence-corrected chi connectivity index (χ1v) is 7.82. The van der Waals surface area contributed by atoms with Crippen LogP contribution in [0.25, 0.3) is 0 Å². The summed E-state index contributed by atoms with van der Waals surface area (Å²) in [5, 5.41) is 4.07. The van der Waals surface area contributed by atoms with Gasteiger partial charge in [0.05, 0.1) is 0 Å². The highest BCUT2D eigenvalue weighted by molar-refractivity contribution is 6.31. The predicted octanol–water partition coefficient (Wildman–Crippen LogP) is 4.04. The summed E-state index contributed by atoms with van der Waals surface area (Å²) in [7, 11) is 1.81. The highest BCUT2D eigenvalue weighted by Gasteiger charge is 2.26. The number of carbonyl (C=O) groups excluding carboxylic acids is 1. The van der Waals surface area contributed by atoms with Gasteiger partial charge in [0, 0.05) is 23.4 Å². The number of halogens is 1. The molecule has 4 heteroatoms. The van der Waals surface area contributed by atoms with Crippen LogP contribution in [0.2, 0.25) is 5.02 Å². The molecule has 3 nitrogen and oxygen atoms in total. The normalized spacial score (nSPS) is 16.6. The maximum atomic E-state index is 12.7. The number of fused-ring (bicyclic) bond motifs is 1. The number of anilines is 2. The van der Waals surface area contributed by atoms with Crippen molar-refractivity contribution in [3.05, 3.63) is 58.6 Å². The van der Waals surface area contributed by atoms with Crippen LogP contribution in [-0.2, 0) is 11.2 Å². The Balaban J connectivity index is 1.78. The molecule has 0 aromatic heterocycles.